The SMILES string of the molecule is O=C(c1ccnc(Nc2nc3cc(Nc4cccc(C(F)(F)F)c4)ncc3[nH]2)c1)N1CCC(O)C1. The molecule has 0 bridgehead atoms. The van der Waals surface area contributed by atoms with Gasteiger partial charge in [-0.2, -0.15) is 13.2 Å². The maximum atomic E-state index is 13.0. The van der Waals surface area contributed by atoms with Crippen molar-refractivity contribution in [1.29, 1.82) is 0 Å². The van der Waals surface area contributed by atoms with E-state index in [1.807, 2.05) is 0 Å². The minimum Gasteiger partial charge on any atom is -0.391 e. The number of alkyl halides is 3. The molecule has 4 heterocycles. The number of pyridine rings is 2. The van der Waals surface area contributed by atoms with Crippen LogP contribution in [0, 0.1) is 0 Å². The second-order valence-corrected chi connectivity index (χ2v) is 8.12. The Morgan fingerprint density at radius 1 is 1.11 bits per heavy atom. The zero-order chi connectivity index (χ0) is 24.6. The zero-order valence-corrected chi connectivity index (χ0v) is 18.2. The molecule has 4 N–H and O–H groups in total. The summed E-state index contributed by atoms with van der Waals surface area (Å²) in [5.74, 6) is 0.885. The largest absolute Gasteiger partial charge is 0.416 e. The average Bonchev–Trinajstić information content (AvgIpc) is 3.43. The van der Waals surface area contributed by atoms with Gasteiger partial charge in [0, 0.05) is 36.6 Å². The average molecular weight is 483 g/mol. The molecule has 12 heteroatoms. The number of anilines is 4. The minimum absolute atomic E-state index is 0.189. The van der Waals surface area contributed by atoms with Gasteiger partial charge in [-0.25, -0.2) is 15.0 Å². The van der Waals surface area contributed by atoms with Crippen molar-refractivity contribution >= 4 is 40.2 Å². The summed E-state index contributed by atoms with van der Waals surface area (Å²) in [6.45, 7) is 0.801. The number of aliphatic hydroxyl groups excluding tert-OH is 1. The van der Waals surface area contributed by atoms with Gasteiger partial charge in [-0.3, -0.25) is 4.79 Å². The van der Waals surface area contributed by atoms with E-state index in [9.17, 15) is 23.1 Å². The third kappa shape index (κ3) is 5.01. The summed E-state index contributed by atoms with van der Waals surface area (Å²) in [5.41, 5.74) is 1.04. The van der Waals surface area contributed by atoms with E-state index in [1.165, 1.54) is 24.5 Å². The molecule has 180 valence electrons. The number of hydrogen-bond donors (Lipinski definition) is 4. The number of imidazole rings is 1. The topological polar surface area (TPSA) is 119 Å². The van der Waals surface area contributed by atoms with Crippen molar-refractivity contribution in [1.82, 2.24) is 24.8 Å². The monoisotopic (exact) mass is 483 g/mol. The fourth-order valence-corrected chi connectivity index (χ4v) is 3.82. The minimum atomic E-state index is -4.44. The summed E-state index contributed by atoms with van der Waals surface area (Å²) in [6, 6.07) is 9.64. The van der Waals surface area contributed by atoms with Crippen LogP contribution >= 0.6 is 0 Å². The van der Waals surface area contributed by atoms with Crippen LogP contribution in [-0.2, 0) is 6.18 Å². The van der Waals surface area contributed by atoms with Gasteiger partial charge in [-0.1, -0.05) is 6.07 Å². The molecule has 1 saturated heterocycles. The number of halogens is 3. The van der Waals surface area contributed by atoms with E-state index in [2.05, 4.69) is 30.6 Å². The first-order valence-corrected chi connectivity index (χ1v) is 10.7. The highest BCUT2D eigenvalue weighted by molar-refractivity contribution is 5.95. The smallest absolute Gasteiger partial charge is 0.391 e. The van der Waals surface area contributed by atoms with Crippen LogP contribution in [0.1, 0.15) is 22.3 Å². The molecule has 1 fully saturated rings. The van der Waals surface area contributed by atoms with Crippen molar-refractivity contribution in [2.75, 3.05) is 23.7 Å². The number of carbonyl (C=O) groups excluding carboxylic acids is 1. The quantitative estimate of drug-likeness (QED) is 0.338. The second kappa shape index (κ2) is 8.87. The molecule has 3 aromatic heterocycles. The van der Waals surface area contributed by atoms with E-state index in [0.29, 0.717) is 53.7 Å². The lowest BCUT2D eigenvalue weighted by Crippen LogP contribution is -2.29. The normalized spacial score (nSPS) is 16.0. The Bertz CT molecular complexity index is 1390. The Morgan fingerprint density at radius 2 is 1.94 bits per heavy atom. The Hall–Kier alpha value is -4.19. The summed E-state index contributed by atoms with van der Waals surface area (Å²) < 4.78 is 38.9. The van der Waals surface area contributed by atoms with Crippen LogP contribution in [0.15, 0.2) is 54.9 Å². The van der Waals surface area contributed by atoms with E-state index < -0.39 is 17.8 Å². The Balaban J connectivity index is 1.32. The molecule has 5 rings (SSSR count). The zero-order valence-electron chi connectivity index (χ0n) is 18.2. The van der Waals surface area contributed by atoms with Crippen LogP contribution in [0.2, 0.25) is 0 Å². The van der Waals surface area contributed by atoms with Gasteiger partial charge in [-0.05, 0) is 36.8 Å². The summed E-state index contributed by atoms with van der Waals surface area (Å²) in [7, 11) is 0. The maximum absolute atomic E-state index is 13.0. The lowest BCUT2D eigenvalue weighted by Gasteiger charge is -2.15. The molecule has 9 nitrogen and oxygen atoms in total. The fraction of sp³-hybridized carbons (Fsp3) is 0.217. The highest BCUT2D eigenvalue weighted by Crippen LogP contribution is 2.31. The number of fused-ring (bicyclic) bond motifs is 1. The molecular formula is C23H20F3N7O2. The van der Waals surface area contributed by atoms with E-state index in [1.54, 1.807) is 23.1 Å². The van der Waals surface area contributed by atoms with E-state index in [-0.39, 0.29) is 11.6 Å². The van der Waals surface area contributed by atoms with Gasteiger partial charge >= 0.3 is 6.18 Å². The van der Waals surface area contributed by atoms with Gasteiger partial charge < -0.3 is 25.6 Å². The lowest BCUT2D eigenvalue weighted by molar-refractivity contribution is -0.137. The summed E-state index contributed by atoms with van der Waals surface area (Å²) >= 11 is 0. The van der Waals surface area contributed by atoms with Gasteiger partial charge in [0.05, 0.1) is 28.9 Å². The van der Waals surface area contributed by atoms with Crippen molar-refractivity contribution in [3.63, 3.8) is 0 Å². The van der Waals surface area contributed by atoms with Crippen LogP contribution < -0.4 is 10.6 Å². The number of amides is 1. The standard InChI is InChI=1S/C23H20F3N7O2/c24-23(25,26)14-2-1-3-15(9-14)29-20-10-17-18(11-28-20)31-22(30-17)32-19-8-13(4-6-27-19)21(35)33-7-5-16(34)12-33/h1-4,6,8-11,16,34H,5,7,12H2,(H,28,29)(H2,27,30,31,32). The predicted octanol–water partition coefficient (Wildman–Crippen LogP) is 4.07. The number of β-amino-alcohol motifs (C(OH)–C–C–N with tert-alkyl or cyclic N) is 1. The molecule has 0 saturated carbocycles. The molecule has 0 aliphatic carbocycles. The summed E-state index contributed by atoms with van der Waals surface area (Å²) in [5, 5.41) is 15.5. The highest BCUT2D eigenvalue weighted by atomic mass is 19.4. The number of benzene rings is 1. The number of hydrogen-bond acceptors (Lipinski definition) is 7. The van der Waals surface area contributed by atoms with E-state index in [4.69, 9.17) is 0 Å². The van der Waals surface area contributed by atoms with Crippen molar-refractivity contribution < 1.29 is 23.1 Å². The Labute approximate surface area is 197 Å². The number of H-pyrrole nitrogens is 1. The summed E-state index contributed by atoms with van der Waals surface area (Å²) in [6.07, 6.45) is -1.38. The Morgan fingerprint density at radius 3 is 2.71 bits per heavy atom. The predicted molar refractivity (Wildman–Crippen MR) is 123 cm³/mol. The Kier molecular flexibility index (Phi) is 5.73. The number of carbonyl (C=O) groups is 1. The van der Waals surface area contributed by atoms with Gasteiger partial charge in [0.25, 0.3) is 5.91 Å². The summed E-state index contributed by atoms with van der Waals surface area (Å²) in [4.78, 5) is 30.2. The van der Waals surface area contributed by atoms with Crippen molar-refractivity contribution in [2.45, 2.75) is 18.7 Å². The molecule has 35 heavy (non-hydrogen) atoms. The van der Waals surface area contributed by atoms with Gasteiger partial charge in [0.2, 0.25) is 5.95 Å². The number of nitrogens with zero attached hydrogens (tertiary/aromatic N) is 4. The number of aromatic amines is 1. The first-order valence-electron chi connectivity index (χ1n) is 10.7. The molecule has 1 aromatic carbocycles. The fourth-order valence-electron chi connectivity index (χ4n) is 3.82. The van der Waals surface area contributed by atoms with Crippen LogP contribution in [0.4, 0.5) is 36.4 Å². The van der Waals surface area contributed by atoms with Crippen LogP contribution in [0.5, 0.6) is 0 Å². The molecule has 1 aliphatic heterocycles. The van der Waals surface area contributed by atoms with Gasteiger partial charge in [0.15, 0.2) is 0 Å². The van der Waals surface area contributed by atoms with Crippen molar-refractivity contribution in [3.8, 4) is 0 Å². The number of likely N-dealkylation sites (tertiary alicyclic amines) is 1. The van der Waals surface area contributed by atoms with Crippen molar-refractivity contribution in [3.05, 3.63) is 66.0 Å². The molecule has 1 amide bonds. The third-order valence-electron chi connectivity index (χ3n) is 5.53. The van der Waals surface area contributed by atoms with Crippen LogP contribution in [0.3, 0.4) is 0 Å². The highest BCUT2D eigenvalue weighted by Gasteiger charge is 2.30. The molecule has 0 spiro atoms. The molecule has 1 aliphatic rings. The van der Waals surface area contributed by atoms with Crippen LogP contribution in [-0.4, -0.2) is 55.0 Å². The first-order chi connectivity index (χ1) is 16.7. The van der Waals surface area contributed by atoms with E-state index >= 15 is 0 Å². The maximum Gasteiger partial charge on any atom is 0.416 e. The van der Waals surface area contributed by atoms with E-state index in [0.717, 1.165) is 12.1 Å². The number of aromatic nitrogens is 4. The lowest BCUT2D eigenvalue weighted by atomic mass is 10.2. The second-order valence-electron chi connectivity index (χ2n) is 8.12. The number of rotatable bonds is 5. The number of nitrogens with one attached hydrogen (secondary N) is 3. The molecule has 0 radical (unpaired) electrons. The molecule has 1 unspecified atom stereocenters. The van der Waals surface area contributed by atoms with Gasteiger partial charge in [-0.15, -0.1) is 0 Å². The molecule has 1 atom stereocenters. The number of aliphatic hydroxyl groups is 1. The van der Waals surface area contributed by atoms with Crippen LogP contribution in [0.25, 0.3) is 11.0 Å². The third-order valence-corrected chi connectivity index (χ3v) is 5.53. The molecular weight excluding hydrogens is 463 g/mol. The van der Waals surface area contributed by atoms with Crippen molar-refractivity contribution in [2.24, 2.45) is 0 Å². The first kappa shape index (κ1) is 22.6. The molecule has 4 aromatic rings. The van der Waals surface area contributed by atoms with Gasteiger partial charge in [0.1, 0.15) is 11.6 Å².